The number of H-pyrrole nitrogens is 1. The number of nitrogens with two attached hydrogens (primary N) is 1. The molecule has 1 saturated heterocycles. The highest BCUT2D eigenvalue weighted by atomic mass is 35.5. The topological polar surface area (TPSA) is 87.9 Å². The van der Waals surface area contributed by atoms with Crippen molar-refractivity contribution in [2.75, 3.05) is 12.3 Å². The highest BCUT2D eigenvalue weighted by molar-refractivity contribution is 6.30. The van der Waals surface area contributed by atoms with E-state index in [-0.39, 0.29) is 17.9 Å². The molecule has 0 aliphatic carbocycles. The summed E-state index contributed by atoms with van der Waals surface area (Å²) >= 11 is 6.24. The van der Waals surface area contributed by atoms with Gasteiger partial charge in [0.2, 0.25) is 11.9 Å². The number of likely N-dealkylation sites (tertiary alicyclic amines) is 1. The van der Waals surface area contributed by atoms with Crippen molar-refractivity contribution in [3.63, 3.8) is 0 Å². The molecule has 1 atom stereocenters. The molecule has 4 aromatic rings. The predicted molar refractivity (Wildman–Crippen MR) is 127 cm³/mol. The van der Waals surface area contributed by atoms with Crippen LogP contribution in [0.1, 0.15) is 36.6 Å². The molecule has 2 aromatic heterocycles. The molecule has 7 heteroatoms. The Bertz CT molecular complexity index is 1280. The molecular weight excluding hydrogens is 422 g/mol. The zero-order valence-electron chi connectivity index (χ0n) is 17.6. The number of aromatic amines is 1. The average molecular weight is 446 g/mol. The minimum absolute atomic E-state index is 0.0914. The van der Waals surface area contributed by atoms with Gasteiger partial charge in [0.1, 0.15) is 0 Å². The molecule has 162 valence electrons. The summed E-state index contributed by atoms with van der Waals surface area (Å²) in [5, 5.41) is 1.72. The van der Waals surface area contributed by atoms with E-state index in [2.05, 4.69) is 15.0 Å². The maximum Gasteiger partial charge on any atom is 0.227 e. The van der Waals surface area contributed by atoms with E-state index in [1.165, 1.54) is 0 Å². The van der Waals surface area contributed by atoms with Crippen LogP contribution in [-0.4, -0.2) is 32.3 Å². The molecule has 5 rings (SSSR count). The zero-order chi connectivity index (χ0) is 22.1. The molecule has 32 heavy (non-hydrogen) atoms. The van der Waals surface area contributed by atoms with E-state index in [4.69, 9.17) is 17.3 Å². The summed E-state index contributed by atoms with van der Waals surface area (Å²) < 4.78 is 0. The van der Waals surface area contributed by atoms with Gasteiger partial charge in [-0.15, -0.1) is 0 Å². The largest absolute Gasteiger partial charge is 0.368 e. The van der Waals surface area contributed by atoms with Crippen molar-refractivity contribution in [3.8, 4) is 11.1 Å². The van der Waals surface area contributed by atoms with E-state index < -0.39 is 0 Å². The van der Waals surface area contributed by atoms with Crippen molar-refractivity contribution >= 4 is 34.4 Å². The number of nitrogens with zero attached hydrogens (tertiary/aromatic N) is 3. The third-order valence-electron chi connectivity index (χ3n) is 6.13. The van der Waals surface area contributed by atoms with E-state index in [1.807, 2.05) is 59.6 Å². The van der Waals surface area contributed by atoms with Gasteiger partial charge in [0.25, 0.3) is 0 Å². The predicted octanol–water partition coefficient (Wildman–Crippen LogP) is 5.16. The molecule has 1 amide bonds. The highest BCUT2D eigenvalue weighted by Crippen LogP contribution is 2.37. The van der Waals surface area contributed by atoms with E-state index in [9.17, 15) is 4.79 Å². The second-order valence-electron chi connectivity index (χ2n) is 8.17. The Labute approximate surface area is 191 Å². The fraction of sp³-hybridized carbons (Fsp3) is 0.240. The second-order valence-corrected chi connectivity index (χ2v) is 8.61. The molecule has 1 aliphatic rings. The van der Waals surface area contributed by atoms with Crippen molar-refractivity contribution in [1.82, 2.24) is 19.9 Å². The number of benzene rings is 2. The quantitative estimate of drug-likeness (QED) is 0.454. The summed E-state index contributed by atoms with van der Waals surface area (Å²) in [6.45, 7) is 0.699. The van der Waals surface area contributed by atoms with Gasteiger partial charge in [0.15, 0.2) is 0 Å². The summed E-state index contributed by atoms with van der Waals surface area (Å²) in [6.07, 6.45) is 6.85. The molecule has 3 N–H and O–H groups in total. The fourth-order valence-corrected chi connectivity index (χ4v) is 4.79. The Hall–Kier alpha value is -3.38. The molecule has 1 unspecified atom stereocenters. The smallest absolute Gasteiger partial charge is 0.227 e. The van der Waals surface area contributed by atoms with Gasteiger partial charge in [-0.25, -0.2) is 9.97 Å². The molecule has 0 bridgehead atoms. The lowest BCUT2D eigenvalue weighted by Gasteiger charge is -2.36. The number of piperidine rings is 1. The van der Waals surface area contributed by atoms with Crippen LogP contribution in [0.3, 0.4) is 0 Å². The number of halogens is 1. The van der Waals surface area contributed by atoms with Crippen molar-refractivity contribution in [1.29, 1.82) is 0 Å². The maximum absolute atomic E-state index is 13.5. The fourth-order valence-electron chi connectivity index (χ4n) is 4.60. The Morgan fingerprint density at radius 2 is 2.06 bits per heavy atom. The monoisotopic (exact) mass is 445 g/mol. The maximum atomic E-state index is 13.5. The number of hydrogen-bond donors (Lipinski definition) is 2. The van der Waals surface area contributed by atoms with Crippen LogP contribution in [0.2, 0.25) is 5.02 Å². The first-order valence-corrected chi connectivity index (χ1v) is 11.2. The van der Waals surface area contributed by atoms with Crippen LogP contribution in [0, 0.1) is 0 Å². The average Bonchev–Trinajstić information content (AvgIpc) is 3.22. The first kappa shape index (κ1) is 20.5. The van der Waals surface area contributed by atoms with Gasteiger partial charge in [0.05, 0.1) is 18.2 Å². The first-order valence-electron chi connectivity index (χ1n) is 10.8. The standard InChI is InChI=1S/C25H24ClN5O/c26-18-7-5-6-16(12-18)20-15-29-25(27)30-24(20)22-10-3-4-11-31(22)23(32)13-17-14-28-21-9-2-1-8-19(17)21/h1-2,5-9,12,14-15,22,28H,3-4,10-11,13H2,(H2,27,29,30). The van der Waals surface area contributed by atoms with Crippen LogP contribution < -0.4 is 5.73 Å². The molecule has 0 spiro atoms. The number of carbonyl (C=O) groups is 1. The Kier molecular flexibility index (Phi) is 5.53. The zero-order valence-corrected chi connectivity index (χ0v) is 18.3. The molecule has 6 nitrogen and oxygen atoms in total. The van der Waals surface area contributed by atoms with Crippen molar-refractivity contribution < 1.29 is 4.79 Å². The normalized spacial score (nSPS) is 16.4. The lowest BCUT2D eigenvalue weighted by Crippen LogP contribution is -2.40. The van der Waals surface area contributed by atoms with Crippen molar-refractivity contribution in [2.24, 2.45) is 0 Å². The number of para-hydroxylation sites is 1. The number of amides is 1. The summed E-state index contributed by atoms with van der Waals surface area (Å²) in [7, 11) is 0. The summed E-state index contributed by atoms with van der Waals surface area (Å²) in [4.78, 5) is 27.5. The number of fused-ring (bicyclic) bond motifs is 1. The Morgan fingerprint density at radius 3 is 2.94 bits per heavy atom. The van der Waals surface area contributed by atoms with Crippen LogP contribution in [-0.2, 0) is 11.2 Å². The molecule has 2 aromatic carbocycles. The van der Waals surface area contributed by atoms with E-state index in [0.29, 0.717) is 18.0 Å². The van der Waals surface area contributed by atoms with Crippen LogP contribution >= 0.6 is 11.6 Å². The number of hydrogen-bond acceptors (Lipinski definition) is 4. The number of anilines is 1. The molecule has 0 saturated carbocycles. The highest BCUT2D eigenvalue weighted by Gasteiger charge is 2.31. The number of aromatic nitrogens is 3. The molecule has 1 fully saturated rings. The first-order chi connectivity index (χ1) is 15.6. The van der Waals surface area contributed by atoms with Crippen LogP contribution in [0.5, 0.6) is 0 Å². The van der Waals surface area contributed by atoms with Crippen molar-refractivity contribution in [3.05, 3.63) is 77.2 Å². The number of rotatable bonds is 4. The van der Waals surface area contributed by atoms with Gasteiger partial charge < -0.3 is 15.6 Å². The SMILES string of the molecule is Nc1ncc(-c2cccc(Cl)c2)c(C2CCCCN2C(=O)Cc2c[nH]c3ccccc23)n1. The van der Waals surface area contributed by atoms with Crippen LogP contribution in [0.4, 0.5) is 5.95 Å². The van der Waals surface area contributed by atoms with Gasteiger partial charge in [-0.1, -0.05) is 41.9 Å². The molecule has 0 radical (unpaired) electrons. The van der Waals surface area contributed by atoms with E-state index >= 15 is 0 Å². The summed E-state index contributed by atoms with van der Waals surface area (Å²) in [5.74, 6) is 0.300. The summed E-state index contributed by atoms with van der Waals surface area (Å²) in [6, 6.07) is 15.5. The third kappa shape index (κ3) is 3.94. The lowest BCUT2D eigenvalue weighted by molar-refractivity contribution is -0.134. The third-order valence-corrected chi connectivity index (χ3v) is 6.36. The molecular formula is C25H24ClN5O. The molecule has 1 aliphatic heterocycles. The second kappa shape index (κ2) is 8.63. The van der Waals surface area contributed by atoms with Crippen LogP contribution in [0.25, 0.3) is 22.0 Å². The van der Waals surface area contributed by atoms with E-state index in [1.54, 1.807) is 6.20 Å². The van der Waals surface area contributed by atoms with Crippen LogP contribution in [0.15, 0.2) is 60.9 Å². The minimum Gasteiger partial charge on any atom is -0.368 e. The number of carbonyl (C=O) groups excluding carboxylic acids is 1. The Morgan fingerprint density at radius 1 is 1.19 bits per heavy atom. The van der Waals surface area contributed by atoms with Gasteiger partial charge >= 0.3 is 0 Å². The summed E-state index contributed by atoms with van der Waals surface area (Å²) in [5.41, 5.74) is 10.6. The number of nitrogen functional groups attached to an aromatic ring is 1. The van der Waals surface area contributed by atoms with E-state index in [0.717, 1.165) is 52.5 Å². The number of nitrogens with one attached hydrogen (secondary N) is 1. The van der Waals surface area contributed by atoms with Gasteiger partial charge in [0, 0.05) is 40.4 Å². The Balaban J connectivity index is 1.50. The minimum atomic E-state index is -0.152. The van der Waals surface area contributed by atoms with Gasteiger partial charge in [-0.3, -0.25) is 4.79 Å². The van der Waals surface area contributed by atoms with Crippen molar-refractivity contribution in [2.45, 2.75) is 31.7 Å². The molecule has 3 heterocycles. The van der Waals surface area contributed by atoms with Gasteiger partial charge in [-0.05, 0) is 48.6 Å². The lowest BCUT2D eigenvalue weighted by atomic mass is 9.93. The van der Waals surface area contributed by atoms with Gasteiger partial charge in [-0.2, -0.15) is 0 Å².